The summed E-state index contributed by atoms with van der Waals surface area (Å²) in [5, 5.41) is 10.7. The van der Waals surface area contributed by atoms with Gasteiger partial charge in [-0.1, -0.05) is 18.6 Å². The van der Waals surface area contributed by atoms with Crippen LogP contribution in [0.15, 0.2) is 11.6 Å². The zero-order valence-electron chi connectivity index (χ0n) is 14.1. The normalized spacial score (nSPS) is 57.9. The summed E-state index contributed by atoms with van der Waals surface area (Å²) in [6.45, 7) is 6.92. The van der Waals surface area contributed by atoms with E-state index in [1.165, 1.54) is 44.9 Å². The van der Waals surface area contributed by atoms with Crippen LogP contribution in [0.25, 0.3) is 0 Å². The fourth-order valence-corrected chi connectivity index (χ4v) is 7.30. The van der Waals surface area contributed by atoms with E-state index in [1.807, 2.05) is 0 Å². The first kappa shape index (κ1) is 14.3. The molecule has 0 heterocycles. The largest absolute Gasteiger partial charge is 0.390 e. The Labute approximate surface area is 130 Å². The minimum Gasteiger partial charge on any atom is -0.390 e. The fraction of sp³-hybridized carbons (Fsp3) is 0.900. The first-order chi connectivity index (χ1) is 9.97. The van der Waals surface area contributed by atoms with Gasteiger partial charge in [-0.05, 0) is 100 Å². The maximum Gasteiger partial charge on any atom is 0.0650 e. The van der Waals surface area contributed by atoms with Crippen LogP contribution < -0.4 is 0 Å². The van der Waals surface area contributed by atoms with Crippen LogP contribution >= 0.6 is 0 Å². The summed E-state index contributed by atoms with van der Waals surface area (Å²) < 4.78 is 0. The Hall–Kier alpha value is -0.300. The molecule has 0 bridgehead atoms. The first-order valence-corrected chi connectivity index (χ1v) is 9.35. The Bertz CT molecular complexity index is 462. The fourth-order valence-electron chi connectivity index (χ4n) is 7.30. The van der Waals surface area contributed by atoms with Gasteiger partial charge in [0.25, 0.3) is 0 Å². The maximum atomic E-state index is 10.7. The molecule has 4 aliphatic carbocycles. The Morgan fingerprint density at radius 3 is 2.38 bits per heavy atom. The van der Waals surface area contributed by atoms with Crippen molar-refractivity contribution in [1.82, 2.24) is 0 Å². The van der Waals surface area contributed by atoms with Gasteiger partial charge in [0.2, 0.25) is 0 Å². The highest BCUT2D eigenvalue weighted by molar-refractivity contribution is 5.23. The van der Waals surface area contributed by atoms with E-state index in [0.717, 1.165) is 30.1 Å². The lowest BCUT2D eigenvalue weighted by Crippen LogP contribution is -2.47. The summed E-state index contributed by atoms with van der Waals surface area (Å²) in [5.74, 6) is 4.25. The molecule has 4 saturated carbocycles. The van der Waals surface area contributed by atoms with E-state index < -0.39 is 0 Å². The van der Waals surface area contributed by atoms with E-state index in [4.69, 9.17) is 0 Å². The van der Waals surface area contributed by atoms with Crippen molar-refractivity contribution >= 4 is 0 Å². The van der Waals surface area contributed by atoms with Crippen molar-refractivity contribution < 1.29 is 5.11 Å². The lowest BCUT2D eigenvalue weighted by Gasteiger charge is -2.53. The number of hydrogen-bond acceptors (Lipinski definition) is 1. The van der Waals surface area contributed by atoms with Gasteiger partial charge in [0.1, 0.15) is 0 Å². The second-order valence-electron chi connectivity index (χ2n) is 8.99. The second kappa shape index (κ2) is 4.60. The van der Waals surface area contributed by atoms with E-state index in [9.17, 15) is 5.11 Å². The van der Waals surface area contributed by atoms with Gasteiger partial charge in [-0.15, -0.1) is 0 Å². The van der Waals surface area contributed by atoms with Gasteiger partial charge in [-0.25, -0.2) is 0 Å². The van der Waals surface area contributed by atoms with Gasteiger partial charge in [0.05, 0.1) is 5.60 Å². The smallest absolute Gasteiger partial charge is 0.0650 e. The molecule has 0 saturated heterocycles. The van der Waals surface area contributed by atoms with Crippen LogP contribution in [0.2, 0.25) is 0 Å². The minimum absolute atomic E-state index is 0.361. The molecule has 0 aromatic heterocycles. The van der Waals surface area contributed by atoms with E-state index >= 15 is 0 Å². The Kier molecular flexibility index (Phi) is 3.13. The van der Waals surface area contributed by atoms with Crippen molar-refractivity contribution in [3.63, 3.8) is 0 Å². The molecular weight excluding hydrogens is 256 g/mol. The van der Waals surface area contributed by atoms with Crippen molar-refractivity contribution in [3.8, 4) is 0 Å². The number of rotatable bonds is 0. The van der Waals surface area contributed by atoms with Crippen LogP contribution in [-0.2, 0) is 0 Å². The number of hydrogen-bond donors (Lipinski definition) is 1. The van der Waals surface area contributed by atoms with Crippen molar-refractivity contribution in [2.24, 2.45) is 35.0 Å². The third-order valence-electron chi connectivity index (χ3n) is 8.35. The second-order valence-corrected chi connectivity index (χ2v) is 8.99. The highest BCUT2D eigenvalue weighted by Gasteiger charge is 2.58. The van der Waals surface area contributed by atoms with Crippen LogP contribution in [0.4, 0.5) is 0 Å². The van der Waals surface area contributed by atoms with Gasteiger partial charge < -0.3 is 5.11 Å². The molecule has 1 N–H and O–H groups in total. The highest BCUT2D eigenvalue weighted by Crippen LogP contribution is 2.65. The average molecular weight is 288 g/mol. The predicted octanol–water partition coefficient (Wildman–Crippen LogP) is 4.95. The third kappa shape index (κ3) is 1.85. The SMILES string of the molecule is C/C=C1/CC[C@H]2[C@@H]3CC[C@@H]4[C@H](CC[C@@]4(C)O)[C@H]3CC[C@]12C. The summed E-state index contributed by atoms with van der Waals surface area (Å²) in [4.78, 5) is 0. The summed E-state index contributed by atoms with van der Waals surface area (Å²) >= 11 is 0. The van der Waals surface area contributed by atoms with E-state index in [1.54, 1.807) is 5.57 Å². The van der Waals surface area contributed by atoms with Gasteiger partial charge in [-0.2, -0.15) is 0 Å². The molecule has 0 spiro atoms. The van der Waals surface area contributed by atoms with Crippen molar-refractivity contribution in [3.05, 3.63) is 11.6 Å². The summed E-state index contributed by atoms with van der Waals surface area (Å²) in [7, 11) is 0. The van der Waals surface area contributed by atoms with Crippen LogP contribution in [0.1, 0.15) is 72.1 Å². The summed E-state index contributed by atoms with van der Waals surface area (Å²) in [6.07, 6.45) is 13.1. The van der Waals surface area contributed by atoms with Gasteiger partial charge in [0, 0.05) is 0 Å². The van der Waals surface area contributed by atoms with Crippen LogP contribution in [0.5, 0.6) is 0 Å². The third-order valence-corrected chi connectivity index (χ3v) is 8.35. The van der Waals surface area contributed by atoms with Crippen molar-refractivity contribution in [1.29, 1.82) is 0 Å². The highest BCUT2D eigenvalue weighted by atomic mass is 16.3. The zero-order valence-corrected chi connectivity index (χ0v) is 14.1. The predicted molar refractivity (Wildman–Crippen MR) is 86.9 cm³/mol. The molecule has 118 valence electrons. The maximum absolute atomic E-state index is 10.7. The standard InChI is InChI=1S/C20H32O/c1-4-13-5-7-17-15-6-8-18-16(10-12-20(18,3)21)14(15)9-11-19(13,17)2/h4,14-18,21H,5-12H2,1-3H3/b13-4-/t14-,15+,16+,17-,18+,19+,20+/m0/s1. The average Bonchev–Trinajstić information content (AvgIpc) is 2.95. The Balaban J connectivity index is 1.62. The molecule has 21 heavy (non-hydrogen) atoms. The lowest BCUT2D eigenvalue weighted by atomic mass is 9.52. The van der Waals surface area contributed by atoms with E-state index in [0.29, 0.717) is 11.3 Å². The number of fused-ring (bicyclic) bond motifs is 5. The zero-order chi connectivity index (χ0) is 14.8. The summed E-state index contributed by atoms with van der Waals surface area (Å²) in [5.41, 5.74) is 1.91. The molecular formula is C20H32O. The molecule has 0 aromatic carbocycles. The van der Waals surface area contributed by atoms with Crippen LogP contribution in [0.3, 0.4) is 0 Å². The molecule has 1 nitrogen and oxygen atoms in total. The molecule has 0 unspecified atom stereocenters. The Morgan fingerprint density at radius 1 is 0.905 bits per heavy atom. The van der Waals surface area contributed by atoms with Crippen molar-refractivity contribution in [2.45, 2.75) is 77.7 Å². The molecule has 0 aromatic rings. The topological polar surface area (TPSA) is 20.2 Å². The molecule has 0 radical (unpaired) electrons. The molecule has 1 heteroatoms. The molecule has 0 aliphatic heterocycles. The van der Waals surface area contributed by atoms with Crippen LogP contribution in [-0.4, -0.2) is 10.7 Å². The van der Waals surface area contributed by atoms with E-state index in [2.05, 4.69) is 26.8 Å². The monoisotopic (exact) mass is 288 g/mol. The number of allylic oxidation sites excluding steroid dienone is 2. The summed E-state index contributed by atoms with van der Waals surface area (Å²) in [6, 6.07) is 0. The minimum atomic E-state index is -0.361. The molecule has 4 rings (SSSR count). The van der Waals surface area contributed by atoms with E-state index in [-0.39, 0.29) is 5.60 Å². The molecule has 7 atom stereocenters. The quantitative estimate of drug-likeness (QED) is 0.626. The molecule has 0 amide bonds. The lowest BCUT2D eigenvalue weighted by molar-refractivity contribution is -0.0649. The molecule has 4 fully saturated rings. The first-order valence-electron chi connectivity index (χ1n) is 9.35. The Morgan fingerprint density at radius 2 is 1.62 bits per heavy atom. The van der Waals surface area contributed by atoms with Gasteiger partial charge in [-0.3, -0.25) is 0 Å². The van der Waals surface area contributed by atoms with Gasteiger partial charge >= 0.3 is 0 Å². The number of aliphatic hydroxyl groups is 1. The van der Waals surface area contributed by atoms with Gasteiger partial charge in [0.15, 0.2) is 0 Å². The van der Waals surface area contributed by atoms with Crippen LogP contribution in [0, 0.1) is 35.0 Å². The molecule has 4 aliphatic rings. The van der Waals surface area contributed by atoms with Crippen molar-refractivity contribution in [2.75, 3.05) is 0 Å².